The Hall–Kier alpha value is -2.34. The van der Waals surface area contributed by atoms with Gasteiger partial charge in [0.1, 0.15) is 5.75 Å². The second-order valence-corrected chi connectivity index (χ2v) is 9.27. The minimum absolute atomic E-state index is 0.0664. The lowest BCUT2D eigenvalue weighted by molar-refractivity contribution is 0.0761. The lowest BCUT2D eigenvalue weighted by Gasteiger charge is -2.20. The molecule has 166 valence electrons. The molecule has 1 N–H and O–H groups in total. The van der Waals surface area contributed by atoms with E-state index in [0.717, 1.165) is 42.6 Å². The van der Waals surface area contributed by atoms with Crippen LogP contribution in [0.25, 0.3) is 0 Å². The first-order chi connectivity index (χ1) is 14.9. The summed E-state index contributed by atoms with van der Waals surface area (Å²) < 4.78 is 6.53. The molecule has 0 atom stereocenters. The molecule has 2 amide bonds. The Labute approximate surface area is 193 Å². The van der Waals surface area contributed by atoms with E-state index in [2.05, 4.69) is 35.1 Å². The Balaban J connectivity index is 1.58. The number of carbonyl (C=O) groups excluding carboxylic acids is 2. The second-order valence-electron chi connectivity index (χ2n) is 8.41. The fourth-order valence-electron chi connectivity index (χ4n) is 3.52. The molecule has 0 spiro atoms. The molecule has 1 saturated heterocycles. The van der Waals surface area contributed by atoms with E-state index in [1.165, 1.54) is 12.8 Å². The van der Waals surface area contributed by atoms with Crippen molar-refractivity contribution in [3.8, 4) is 5.75 Å². The van der Waals surface area contributed by atoms with Gasteiger partial charge in [-0.1, -0.05) is 26.7 Å². The molecular weight excluding hydrogens is 456 g/mol. The molecule has 6 heteroatoms. The van der Waals surface area contributed by atoms with E-state index in [0.29, 0.717) is 29.3 Å². The van der Waals surface area contributed by atoms with Crippen LogP contribution >= 0.6 is 15.9 Å². The van der Waals surface area contributed by atoms with Crippen LogP contribution in [-0.4, -0.2) is 36.4 Å². The van der Waals surface area contributed by atoms with Crippen LogP contribution in [0.3, 0.4) is 0 Å². The maximum Gasteiger partial charge on any atom is 0.255 e. The van der Waals surface area contributed by atoms with Crippen molar-refractivity contribution in [2.24, 2.45) is 5.92 Å². The van der Waals surface area contributed by atoms with E-state index in [1.807, 2.05) is 11.0 Å². The first kappa shape index (κ1) is 23.3. The van der Waals surface area contributed by atoms with Crippen LogP contribution in [-0.2, 0) is 0 Å². The maximum absolute atomic E-state index is 12.7. The SMILES string of the molecule is CC(C)CCOc1ccc(C(=O)Nc2ccc(C(=O)N3CCCCCC3)cc2)cc1Br. The molecule has 0 aromatic heterocycles. The second kappa shape index (κ2) is 11.3. The smallest absolute Gasteiger partial charge is 0.255 e. The number of anilines is 1. The lowest BCUT2D eigenvalue weighted by Crippen LogP contribution is -2.31. The number of hydrogen-bond acceptors (Lipinski definition) is 3. The standard InChI is InChI=1S/C25H31BrN2O3/c1-18(2)13-16-31-23-12-9-20(17-22(23)26)24(29)27-21-10-7-19(8-11-21)25(30)28-14-5-3-4-6-15-28/h7-12,17-18H,3-6,13-16H2,1-2H3,(H,27,29). The molecule has 1 heterocycles. The highest BCUT2D eigenvalue weighted by Gasteiger charge is 2.17. The maximum atomic E-state index is 12.7. The van der Waals surface area contributed by atoms with Crippen molar-refractivity contribution in [1.29, 1.82) is 0 Å². The number of halogens is 1. The normalized spacial score (nSPS) is 14.3. The van der Waals surface area contributed by atoms with Gasteiger partial charge in [-0.25, -0.2) is 0 Å². The van der Waals surface area contributed by atoms with E-state index in [9.17, 15) is 9.59 Å². The van der Waals surface area contributed by atoms with E-state index < -0.39 is 0 Å². The van der Waals surface area contributed by atoms with Gasteiger partial charge in [-0.05, 0) is 83.6 Å². The Morgan fingerprint density at radius 1 is 1.00 bits per heavy atom. The molecule has 0 unspecified atom stereocenters. The van der Waals surface area contributed by atoms with Gasteiger partial charge in [0, 0.05) is 29.9 Å². The van der Waals surface area contributed by atoms with E-state index in [4.69, 9.17) is 4.74 Å². The van der Waals surface area contributed by atoms with Crippen LogP contribution in [0.1, 0.15) is 66.7 Å². The Morgan fingerprint density at radius 3 is 2.26 bits per heavy atom. The molecule has 0 radical (unpaired) electrons. The van der Waals surface area contributed by atoms with Gasteiger partial charge in [0.2, 0.25) is 0 Å². The molecule has 3 rings (SSSR count). The third-order valence-electron chi connectivity index (χ3n) is 5.43. The van der Waals surface area contributed by atoms with Gasteiger partial charge < -0.3 is 15.0 Å². The Kier molecular flexibility index (Phi) is 8.52. The van der Waals surface area contributed by atoms with Crippen molar-refractivity contribution in [2.75, 3.05) is 25.0 Å². The summed E-state index contributed by atoms with van der Waals surface area (Å²) in [6.07, 6.45) is 5.49. The summed E-state index contributed by atoms with van der Waals surface area (Å²) >= 11 is 3.49. The molecular formula is C25H31BrN2O3. The van der Waals surface area contributed by atoms with Crippen molar-refractivity contribution in [1.82, 2.24) is 4.90 Å². The number of rotatable bonds is 7. The van der Waals surface area contributed by atoms with Crippen LogP contribution < -0.4 is 10.1 Å². The van der Waals surface area contributed by atoms with Crippen LogP contribution in [0.15, 0.2) is 46.9 Å². The molecule has 0 saturated carbocycles. The summed E-state index contributed by atoms with van der Waals surface area (Å²) in [5.41, 5.74) is 1.85. The highest BCUT2D eigenvalue weighted by atomic mass is 79.9. The van der Waals surface area contributed by atoms with Crippen molar-refractivity contribution < 1.29 is 14.3 Å². The first-order valence-electron chi connectivity index (χ1n) is 11.1. The predicted molar refractivity (Wildman–Crippen MR) is 128 cm³/mol. The van der Waals surface area contributed by atoms with E-state index in [-0.39, 0.29) is 11.8 Å². The fraction of sp³-hybridized carbons (Fsp3) is 0.440. The molecule has 0 bridgehead atoms. The molecule has 1 aliphatic heterocycles. The van der Waals surface area contributed by atoms with Crippen molar-refractivity contribution in [3.05, 3.63) is 58.1 Å². The number of benzene rings is 2. The molecule has 31 heavy (non-hydrogen) atoms. The van der Waals surface area contributed by atoms with Gasteiger partial charge in [-0.2, -0.15) is 0 Å². The average molecular weight is 487 g/mol. The van der Waals surface area contributed by atoms with Gasteiger partial charge in [0.25, 0.3) is 11.8 Å². The molecule has 5 nitrogen and oxygen atoms in total. The van der Waals surface area contributed by atoms with Gasteiger partial charge in [-0.15, -0.1) is 0 Å². The molecule has 2 aromatic carbocycles. The van der Waals surface area contributed by atoms with Gasteiger partial charge in [-0.3, -0.25) is 9.59 Å². The topological polar surface area (TPSA) is 58.6 Å². The average Bonchev–Trinajstić information content (AvgIpc) is 3.04. The number of nitrogens with zero attached hydrogens (tertiary/aromatic N) is 1. The molecule has 2 aromatic rings. The molecule has 0 aliphatic carbocycles. The predicted octanol–water partition coefficient (Wildman–Crippen LogP) is 6.14. The number of hydrogen-bond donors (Lipinski definition) is 1. The number of nitrogens with one attached hydrogen (secondary N) is 1. The third kappa shape index (κ3) is 6.82. The monoisotopic (exact) mass is 486 g/mol. The lowest BCUT2D eigenvalue weighted by atomic mass is 10.1. The molecule has 1 fully saturated rings. The zero-order chi connectivity index (χ0) is 22.2. The van der Waals surface area contributed by atoms with Crippen LogP contribution in [0, 0.1) is 5.92 Å². The Bertz CT molecular complexity index is 888. The summed E-state index contributed by atoms with van der Waals surface area (Å²) in [4.78, 5) is 27.3. The van der Waals surface area contributed by atoms with Crippen molar-refractivity contribution >= 4 is 33.4 Å². The van der Waals surface area contributed by atoms with Crippen molar-refractivity contribution in [3.63, 3.8) is 0 Å². The summed E-state index contributed by atoms with van der Waals surface area (Å²) in [6.45, 7) is 6.60. The van der Waals surface area contributed by atoms with Crippen LogP contribution in [0.2, 0.25) is 0 Å². The summed E-state index contributed by atoms with van der Waals surface area (Å²) in [7, 11) is 0. The number of amides is 2. The number of carbonyl (C=O) groups is 2. The first-order valence-corrected chi connectivity index (χ1v) is 11.9. The summed E-state index contributed by atoms with van der Waals surface area (Å²) in [5, 5.41) is 2.89. The number of ether oxygens (including phenoxy) is 1. The van der Waals surface area contributed by atoms with Gasteiger partial charge >= 0.3 is 0 Å². The zero-order valence-corrected chi connectivity index (χ0v) is 19.9. The van der Waals surface area contributed by atoms with Crippen LogP contribution in [0.4, 0.5) is 5.69 Å². The van der Waals surface area contributed by atoms with E-state index in [1.54, 1.807) is 36.4 Å². The highest BCUT2D eigenvalue weighted by molar-refractivity contribution is 9.10. The summed E-state index contributed by atoms with van der Waals surface area (Å²) in [5.74, 6) is 1.17. The van der Waals surface area contributed by atoms with Gasteiger partial charge in [0.05, 0.1) is 11.1 Å². The highest BCUT2D eigenvalue weighted by Crippen LogP contribution is 2.27. The van der Waals surface area contributed by atoms with E-state index >= 15 is 0 Å². The number of likely N-dealkylation sites (tertiary alicyclic amines) is 1. The fourth-order valence-corrected chi connectivity index (χ4v) is 4.01. The largest absolute Gasteiger partial charge is 0.492 e. The van der Waals surface area contributed by atoms with Crippen molar-refractivity contribution in [2.45, 2.75) is 46.0 Å². The zero-order valence-electron chi connectivity index (χ0n) is 18.3. The third-order valence-corrected chi connectivity index (χ3v) is 6.05. The molecule has 1 aliphatic rings. The minimum Gasteiger partial charge on any atom is -0.492 e. The minimum atomic E-state index is -0.207. The van der Waals surface area contributed by atoms with Gasteiger partial charge in [0.15, 0.2) is 0 Å². The summed E-state index contributed by atoms with van der Waals surface area (Å²) in [6, 6.07) is 12.4. The quantitative estimate of drug-likeness (QED) is 0.510. The Morgan fingerprint density at radius 2 is 1.65 bits per heavy atom. The van der Waals surface area contributed by atoms with Crippen LogP contribution in [0.5, 0.6) is 5.75 Å².